The molecule has 1 aromatic heterocycles. The third kappa shape index (κ3) is 7.15. The van der Waals surface area contributed by atoms with Crippen molar-refractivity contribution in [3.05, 3.63) is 87.1 Å². The van der Waals surface area contributed by atoms with E-state index in [9.17, 15) is 13.2 Å². The highest BCUT2D eigenvalue weighted by molar-refractivity contribution is 7.92. The van der Waals surface area contributed by atoms with Crippen molar-refractivity contribution in [3.8, 4) is 0 Å². The van der Waals surface area contributed by atoms with Crippen LogP contribution in [0.4, 0.5) is 5.69 Å². The number of halogens is 3. The lowest BCUT2D eigenvalue weighted by molar-refractivity contribution is -0.131. The van der Waals surface area contributed by atoms with Crippen LogP contribution in [0, 0.1) is 0 Å². The molecule has 1 fully saturated rings. The van der Waals surface area contributed by atoms with Crippen molar-refractivity contribution >= 4 is 56.4 Å². The summed E-state index contributed by atoms with van der Waals surface area (Å²) < 4.78 is 28.4. The van der Waals surface area contributed by atoms with Crippen LogP contribution in [0.2, 0.25) is 15.2 Å². The summed E-state index contributed by atoms with van der Waals surface area (Å²) in [6.45, 7) is 2.56. The molecule has 1 aliphatic heterocycles. The second-order valence-electron chi connectivity index (χ2n) is 9.00. The quantitative estimate of drug-likeness (QED) is 0.329. The summed E-state index contributed by atoms with van der Waals surface area (Å²) in [7, 11) is -2.09. The molecule has 2 heterocycles. The van der Waals surface area contributed by atoms with Crippen molar-refractivity contribution in [1.29, 1.82) is 0 Å². The van der Waals surface area contributed by atoms with E-state index >= 15 is 0 Å². The minimum Gasteiger partial charge on any atom is -0.337 e. The summed E-state index contributed by atoms with van der Waals surface area (Å²) >= 11 is 18.0. The fraction of sp³-hybridized carbons (Fsp3) is 0.308. The SMILES string of the molecule is CN(C(=O)Cc1ccc(Cl)c(Cl)c1)[C@H](CN1CCCC1)c1cccc(NS(=O)(=O)c2ccc(Cl)nc2)c1. The second kappa shape index (κ2) is 12.0. The third-order valence-electron chi connectivity index (χ3n) is 6.36. The Morgan fingerprint density at radius 3 is 2.49 bits per heavy atom. The maximum atomic E-state index is 13.3. The molecule has 0 unspecified atom stereocenters. The van der Waals surface area contributed by atoms with Gasteiger partial charge in [-0.3, -0.25) is 9.52 Å². The number of anilines is 1. The number of hydrogen-bond donors (Lipinski definition) is 1. The highest BCUT2D eigenvalue weighted by Crippen LogP contribution is 2.28. The molecule has 2 aromatic carbocycles. The van der Waals surface area contributed by atoms with Crippen LogP contribution in [0.1, 0.15) is 30.0 Å². The van der Waals surface area contributed by atoms with Gasteiger partial charge in [-0.1, -0.05) is 53.0 Å². The molecule has 0 saturated carbocycles. The smallest absolute Gasteiger partial charge is 0.263 e. The van der Waals surface area contributed by atoms with Gasteiger partial charge >= 0.3 is 0 Å². The van der Waals surface area contributed by atoms with E-state index in [0.717, 1.165) is 37.1 Å². The molecular weight excluding hydrogens is 555 g/mol. The van der Waals surface area contributed by atoms with Crippen molar-refractivity contribution in [2.75, 3.05) is 31.4 Å². The molecule has 4 rings (SSSR count). The molecule has 11 heteroatoms. The number of nitrogens with one attached hydrogen (secondary N) is 1. The van der Waals surface area contributed by atoms with Gasteiger partial charge in [-0.2, -0.15) is 0 Å². The topological polar surface area (TPSA) is 82.6 Å². The molecule has 0 radical (unpaired) electrons. The number of likely N-dealkylation sites (N-methyl/N-ethyl adjacent to an activating group) is 1. The fourth-order valence-corrected chi connectivity index (χ4v) is 5.75. The molecule has 3 aromatic rings. The number of carbonyl (C=O) groups excluding carboxylic acids is 1. The van der Waals surface area contributed by atoms with Crippen LogP contribution >= 0.6 is 34.8 Å². The molecule has 37 heavy (non-hydrogen) atoms. The number of benzene rings is 2. The number of carbonyl (C=O) groups is 1. The number of likely N-dealkylation sites (tertiary alicyclic amines) is 1. The number of amides is 1. The van der Waals surface area contributed by atoms with E-state index in [1.807, 2.05) is 6.07 Å². The summed E-state index contributed by atoms with van der Waals surface area (Å²) in [4.78, 5) is 21.2. The van der Waals surface area contributed by atoms with E-state index < -0.39 is 10.0 Å². The Morgan fingerprint density at radius 2 is 1.81 bits per heavy atom. The van der Waals surface area contributed by atoms with Crippen molar-refractivity contribution in [1.82, 2.24) is 14.8 Å². The van der Waals surface area contributed by atoms with Gasteiger partial charge in [-0.05, 0) is 73.5 Å². The molecule has 196 valence electrons. The second-order valence-corrected chi connectivity index (χ2v) is 11.9. The van der Waals surface area contributed by atoms with Crippen LogP contribution in [0.25, 0.3) is 0 Å². The number of aromatic nitrogens is 1. The van der Waals surface area contributed by atoms with Crippen LogP contribution < -0.4 is 4.72 Å². The van der Waals surface area contributed by atoms with Gasteiger partial charge in [-0.25, -0.2) is 13.4 Å². The van der Waals surface area contributed by atoms with Crippen molar-refractivity contribution in [2.45, 2.75) is 30.2 Å². The normalized spacial score (nSPS) is 14.9. The molecule has 1 amide bonds. The van der Waals surface area contributed by atoms with Gasteiger partial charge in [0.05, 0.1) is 22.5 Å². The Hall–Kier alpha value is -2.36. The largest absolute Gasteiger partial charge is 0.337 e. The van der Waals surface area contributed by atoms with E-state index in [1.54, 1.807) is 48.3 Å². The first-order valence-electron chi connectivity index (χ1n) is 11.8. The van der Waals surface area contributed by atoms with Crippen LogP contribution in [0.3, 0.4) is 0 Å². The first-order valence-corrected chi connectivity index (χ1v) is 14.4. The predicted octanol–water partition coefficient (Wildman–Crippen LogP) is 5.68. The van der Waals surface area contributed by atoms with Gasteiger partial charge in [0.15, 0.2) is 0 Å². The molecule has 1 aliphatic rings. The van der Waals surface area contributed by atoms with E-state index in [1.165, 1.54) is 18.3 Å². The van der Waals surface area contributed by atoms with Gasteiger partial charge in [0.2, 0.25) is 5.91 Å². The monoisotopic (exact) mass is 580 g/mol. The molecule has 1 saturated heterocycles. The maximum Gasteiger partial charge on any atom is 0.263 e. The zero-order chi connectivity index (χ0) is 26.6. The first kappa shape index (κ1) is 27.7. The predicted molar refractivity (Wildman–Crippen MR) is 148 cm³/mol. The van der Waals surface area contributed by atoms with Crippen molar-refractivity contribution in [3.63, 3.8) is 0 Å². The number of sulfonamides is 1. The lowest BCUT2D eigenvalue weighted by atomic mass is 10.0. The molecule has 1 atom stereocenters. The minimum atomic E-state index is -3.87. The summed E-state index contributed by atoms with van der Waals surface area (Å²) in [5.74, 6) is -0.0826. The van der Waals surface area contributed by atoms with E-state index in [4.69, 9.17) is 34.8 Å². The summed E-state index contributed by atoms with van der Waals surface area (Å²) in [6.07, 6.45) is 3.60. The van der Waals surface area contributed by atoms with Gasteiger partial charge in [-0.15, -0.1) is 0 Å². The van der Waals surface area contributed by atoms with Gasteiger partial charge < -0.3 is 9.80 Å². The molecule has 0 bridgehead atoms. The summed E-state index contributed by atoms with van der Waals surface area (Å²) in [5, 5.41) is 1.05. The minimum absolute atomic E-state index is 0.00448. The summed E-state index contributed by atoms with van der Waals surface area (Å²) in [5.41, 5.74) is 1.99. The van der Waals surface area contributed by atoms with Gasteiger partial charge in [0.1, 0.15) is 10.0 Å². The van der Waals surface area contributed by atoms with Crippen LogP contribution in [0.15, 0.2) is 65.7 Å². The van der Waals surface area contributed by atoms with Crippen LogP contribution in [-0.4, -0.2) is 55.8 Å². The van der Waals surface area contributed by atoms with Gasteiger partial charge in [0, 0.05) is 25.5 Å². The van der Waals surface area contributed by atoms with E-state index in [0.29, 0.717) is 22.3 Å². The highest BCUT2D eigenvalue weighted by Gasteiger charge is 2.26. The standard InChI is InChI=1S/C26H27Cl3N4O3S/c1-32(26(34)14-18-7-9-22(27)23(28)13-18)24(17-33-11-2-3-12-33)19-5-4-6-20(15-19)31-37(35,36)21-8-10-25(29)30-16-21/h4-10,13,15-16,24,31H,2-3,11-12,14,17H2,1H3/t24-/m1/s1. The zero-order valence-electron chi connectivity index (χ0n) is 20.2. The lowest BCUT2D eigenvalue weighted by Gasteiger charge is -2.32. The average Bonchev–Trinajstić information content (AvgIpc) is 3.38. The maximum absolute atomic E-state index is 13.3. The third-order valence-corrected chi connectivity index (χ3v) is 8.69. The number of rotatable bonds is 9. The fourth-order valence-electron chi connectivity index (χ4n) is 4.33. The Kier molecular flexibility index (Phi) is 8.98. The molecule has 1 N–H and O–H groups in total. The Morgan fingerprint density at radius 1 is 1.05 bits per heavy atom. The zero-order valence-corrected chi connectivity index (χ0v) is 23.3. The summed E-state index contributed by atoms with van der Waals surface area (Å²) in [6, 6.07) is 14.8. The van der Waals surface area contributed by atoms with E-state index in [2.05, 4.69) is 14.6 Å². The Bertz CT molecular complexity index is 1360. The van der Waals surface area contributed by atoms with Crippen molar-refractivity contribution in [2.24, 2.45) is 0 Å². The molecule has 0 aliphatic carbocycles. The number of hydrogen-bond acceptors (Lipinski definition) is 5. The molecule has 0 spiro atoms. The lowest BCUT2D eigenvalue weighted by Crippen LogP contribution is -2.39. The molecular formula is C26H27Cl3N4O3S. The first-order chi connectivity index (χ1) is 17.6. The van der Waals surface area contributed by atoms with E-state index in [-0.39, 0.29) is 28.4 Å². The number of pyridine rings is 1. The Balaban J connectivity index is 1.58. The van der Waals surface area contributed by atoms with Crippen molar-refractivity contribution < 1.29 is 13.2 Å². The number of nitrogens with zero attached hydrogens (tertiary/aromatic N) is 3. The van der Waals surface area contributed by atoms with Crippen LogP contribution in [0.5, 0.6) is 0 Å². The van der Waals surface area contributed by atoms with Gasteiger partial charge in [0.25, 0.3) is 10.0 Å². The Labute approximate surface area is 232 Å². The van der Waals surface area contributed by atoms with Crippen LogP contribution in [-0.2, 0) is 21.2 Å². The highest BCUT2D eigenvalue weighted by atomic mass is 35.5. The average molecular weight is 582 g/mol. The molecule has 7 nitrogen and oxygen atoms in total.